The van der Waals surface area contributed by atoms with Crippen LogP contribution in [0.2, 0.25) is 0 Å². The Kier molecular flexibility index (Phi) is 3.77. The van der Waals surface area contributed by atoms with Gasteiger partial charge in [-0.15, -0.1) is 0 Å². The summed E-state index contributed by atoms with van der Waals surface area (Å²) < 4.78 is 11.1. The zero-order valence-electron chi connectivity index (χ0n) is 13.2. The zero-order chi connectivity index (χ0) is 16.1. The fraction of sp³-hybridized carbons (Fsp3) is 0.750. The molecule has 0 spiro atoms. The fourth-order valence-corrected chi connectivity index (χ4v) is 3.51. The molecule has 0 aromatic carbocycles. The molecule has 5 atom stereocenters. The van der Waals surface area contributed by atoms with E-state index in [9.17, 15) is 14.7 Å². The van der Waals surface area contributed by atoms with E-state index in [1.165, 1.54) is 6.92 Å². The van der Waals surface area contributed by atoms with Crippen molar-refractivity contribution in [3.8, 4) is 0 Å². The highest BCUT2D eigenvalue weighted by Gasteiger charge is 2.48. The second-order valence-electron chi connectivity index (χ2n) is 6.76. The molecule has 122 valence electrons. The lowest BCUT2D eigenvalue weighted by atomic mass is 9.80. The molecule has 3 rings (SSSR count). The molecule has 0 aromatic heterocycles. The zero-order valence-corrected chi connectivity index (χ0v) is 13.2. The standard InChI is InChI=1S/C16H23NO5/c1-9-14(18)21-8-11-4-6-17-7-5-12(13(11)17)22-15(19)10(2)16(9,3)20/h4,9-10,12-13,20H,5-8H2,1-3H3/t9-,10-,12-,13+,16-/m0/s1. The Balaban J connectivity index is 1.92. The van der Waals surface area contributed by atoms with Gasteiger partial charge in [0.15, 0.2) is 0 Å². The molecule has 1 N–H and O–H groups in total. The Bertz CT molecular complexity index is 527. The van der Waals surface area contributed by atoms with Gasteiger partial charge < -0.3 is 14.6 Å². The first-order valence-corrected chi connectivity index (χ1v) is 7.85. The van der Waals surface area contributed by atoms with Gasteiger partial charge in [0.1, 0.15) is 12.7 Å². The molecular formula is C16H23NO5. The largest absolute Gasteiger partial charge is 0.461 e. The first kappa shape index (κ1) is 15.5. The summed E-state index contributed by atoms with van der Waals surface area (Å²) in [6, 6.07) is 0.00213. The smallest absolute Gasteiger partial charge is 0.311 e. The first-order valence-electron chi connectivity index (χ1n) is 7.85. The number of hydrogen-bond donors (Lipinski definition) is 1. The van der Waals surface area contributed by atoms with Crippen molar-refractivity contribution in [1.82, 2.24) is 4.90 Å². The van der Waals surface area contributed by atoms with Crippen LogP contribution in [0.15, 0.2) is 11.6 Å². The highest BCUT2D eigenvalue weighted by Crippen LogP contribution is 2.35. The fourth-order valence-electron chi connectivity index (χ4n) is 3.51. The van der Waals surface area contributed by atoms with Crippen molar-refractivity contribution in [3.63, 3.8) is 0 Å². The van der Waals surface area contributed by atoms with E-state index in [1.54, 1.807) is 13.8 Å². The Morgan fingerprint density at radius 1 is 1.27 bits per heavy atom. The molecule has 0 saturated carbocycles. The van der Waals surface area contributed by atoms with Gasteiger partial charge in [-0.3, -0.25) is 14.5 Å². The van der Waals surface area contributed by atoms with Crippen LogP contribution in [0.4, 0.5) is 0 Å². The van der Waals surface area contributed by atoms with Gasteiger partial charge >= 0.3 is 11.9 Å². The number of nitrogens with zero attached hydrogens (tertiary/aromatic N) is 1. The third-order valence-corrected chi connectivity index (χ3v) is 5.52. The molecule has 0 aromatic rings. The van der Waals surface area contributed by atoms with Crippen molar-refractivity contribution >= 4 is 11.9 Å². The Hall–Kier alpha value is -1.40. The molecule has 0 unspecified atom stereocenters. The number of carbonyl (C=O) groups excluding carboxylic acids is 2. The molecule has 3 aliphatic heterocycles. The molecule has 0 radical (unpaired) electrons. The summed E-state index contributed by atoms with van der Waals surface area (Å²) in [5.41, 5.74) is -0.509. The lowest BCUT2D eigenvalue weighted by molar-refractivity contribution is -0.171. The van der Waals surface area contributed by atoms with Gasteiger partial charge in [-0.05, 0) is 32.8 Å². The molecular weight excluding hydrogens is 286 g/mol. The maximum absolute atomic E-state index is 12.4. The number of carbonyl (C=O) groups is 2. The van der Waals surface area contributed by atoms with Crippen molar-refractivity contribution in [2.45, 2.75) is 44.9 Å². The van der Waals surface area contributed by atoms with E-state index in [1.807, 2.05) is 6.08 Å². The van der Waals surface area contributed by atoms with Crippen LogP contribution in [0, 0.1) is 11.8 Å². The maximum atomic E-state index is 12.4. The first-order chi connectivity index (χ1) is 10.3. The molecule has 0 aliphatic carbocycles. The monoisotopic (exact) mass is 309 g/mol. The molecule has 3 aliphatic rings. The lowest BCUT2D eigenvalue weighted by Gasteiger charge is -2.33. The molecule has 22 heavy (non-hydrogen) atoms. The van der Waals surface area contributed by atoms with E-state index in [0.717, 1.165) is 25.1 Å². The molecule has 6 nitrogen and oxygen atoms in total. The van der Waals surface area contributed by atoms with Crippen LogP contribution in [-0.2, 0) is 19.1 Å². The Labute approximate surface area is 130 Å². The van der Waals surface area contributed by atoms with Gasteiger partial charge in [-0.2, -0.15) is 0 Å². The number of esters is 2. The Morgan fingerprint density at radius 2 is 1.95 bits per heavy atom. The molecule has 3 heterocycles. The number of rotatable bonds is 0. The third kappa shape index (κ3) is 2.34. The van der Waals surface area contributed by atoms with Gasteiger partial charge in [0.05, 0.1) is 23.5 Å². The third-order valence-electron chi connectivity index (χ3n) is 5.52. The van der Waals surface area contributed by atoms with Gasteiger partial charge in [0, 0.05) is 13.1 Å². The summed E-state index contributed by atoms with van der Waals surface area (Å²) >= 11 is 0. The number of ether oxygens (including phenoxy) is 2. The maximum Gasteiger partial charge on any atom is 0.311 e. The predicted molar refractivity (Wildman–Crippen MR) is 77.9 cm³/mol. The average Bonchev–Trinajstić information content (AvgIpc) is 3.05. The van der Waals surface area contributed by atoms with E-state index >= 15 is 0 Å². The van der Waals surface area contributed by atoms with Crippen LogP contribution in [-0.4, -0.2) is 59.4 Å². The molecule has 0 bridgehead atoms. The van der Waals surface area contributed by atoms with Crippen LogP contribution in [0.5, 0.6) is 0 Å². The van der Waals surface area contributed by atoms with E-state index < -0.39 is 29.4 Å². The van der Waals surface area contributed by atoms with E-state index in [4.69, 9.17) is 9.47 Å². The summed E-state index contributed by atoms with van der Waals surface area (Å²) in [4.78, 5) is 26.8. The minimum atomic E-state index is -1.50. The lowest BCUT2D eigenvalue weighted by Crippen LogP contribution is -2.48. The SMILES string of the molecule is C[C@H]1C(=O)OCC2=CCN3CC[C@H](OC(=O)[C@H](C)[C@@]1(C)O)[C@@H]23. The second-order valence-corrected chi connectivity index (χ2v) is 6.76. The van der Waals surface area contributed by atoms with Gasteiger partial charge in [0.25, 0.3) is 0 Å². The molecule has 2 saturated heterocycles. The highest BCUT2D eigenvalue weighted by atomic mass is 16.6. The van der Waals surface area contributed by atoms with Crippen LogP contribution < -0.4 is 0 Å². The van der Waals surface area contributed by atoms with Crippen LogP contribution in [0.1, 0.15) is 27.2 Å². The van der Waals surface area contributed by atoms with Crippen molar-refractivity contribution in [1.29, 1.82) is 0 Å². The number of aliphatic hydroxyl groups is 1. The summed E-state index contributed by atoms with van der Waals surface area (Å²) in [6.07, 6.45) is 2.58. The Morgan fingerprint density at radius 3 is 2.68 bits per heavy atom. The van der Waals surface area contributed by atoms with Crippen LogP contribution >= 0.6 is 0 Å². The van der Waals surface area contributed by atoms with E-state index in [2.05, 4.69) is 4.90 Å². The molecule has 6 heteroatoms. The van der Waals surface area contributed by atoms with Gasteiger partial charge in [0.2, 0.25) is 0 Å². The number of cyclic esters (lactones) is 1. The molecule has 2 fully saturated rings. The van der Waals surface area contributed by atoms with Crippen molar-refractivity contribution < 1.29 is 24.2 Å². The summed E-state index contributed by atoms with van der Waals surface area (Å²) in [5, 5.41) is 10.6. The second kappa shape index (κ2) is 5.35. The van der Waals surface area contributed by atoms with E-state index in [0.29, 0.717) is 0 Å². The van der Waals surface area contributed by atoms with Crippen LogP contribution in [0.25, 0.3) is 0 Å². The highest BCUT2D eigenvalue weighted by molar-refractivity contribution is 5.78. The topological polar surface area (TPSA) is 76.1 Å². The molecule has 0 amide bonds. The normalized spacial score (nSPS) is 43.0. The van der Waals surface area contributed by atoms with Crippen molar-refractivity contribution in [2.24, 2.45) is 11.8 Å². The van der Waals surface area contributed by atoms with Gasteiger partial charge in [-0.1, -0.05) is 6.08 Å². The average molecular weight is 309 g/mol. The number of hydrogen-bond acceptors (Lipinski definition) is 6. The van der Waals surface area contributed by atoms with E-state index in [-0.39, 0.29) is 18.8 Å². The summed E-state index contributed by atoms with van der Waals surface area (Å²) in [6.45, 7) is 6.53. The van der Waals surface area contributed by atoms with Crippen molar-refractivity contribution in [2.75, 3.05) is 19.7 Å². The summed E-state index contributed by atoms with van der Waals surface area (Å²) in [5.74, 6) is -2.53. The quantitative estimate of drug-likeness (QED) is 0.518. The minimum absolute atomic E-state index is 0.00213. The summed E-state index contributed by atoms with van der Waals surface area (Å²) in [7, 11) is 0. The van der Waals surface area contributed by atoms with Crippen LogP contribution in [0.3, 0.4) is 0 Å². The minimum Gasteiger partial charge on any atom is -0.461 e. The van der Waals surface area contributed by atoms with Gasteiger partial charge in [-0.25, -0.2) is 0 Å². The van der Waals surface area contributed by atoms with Crippen molar-refractivity contribution in [3.05, 3.63) is 11.6 Å². The predicted octanol–water partition coefficient (Wildman–Crippen LogP) is 0.492.